The molecule has 0 saturated carbocycles. The second-order valence-electron chi connectivity index (χ2n) is 7.91. The summed E-state index contributed by atoms with van der Waals surface area (Å²) in [5.41, 5.74) is -0.633. The zero-order valence-electron chi connectivity index (χ0n) is 14.7. The molecule has 1 fully saturated rings. The molecule has 6 nitrogen and oxygen atoms in total. The lowest BCUT2D eigenvalue weighted by molar-refractivity contribution is -0.220. The molecule has 0 radical (unpaired) electrons. The molecule has 22 heavy (non-hydrogen) atoms. The fourth-order valence-corrected chi connectivity index (χ4v) is 2.09. The van der Waals surface area contributed by atoms with Gasteiger partial charge < -0.3 is 19.0 Å². The molecule has 0 bridgehead atoms. The Hall–Kier alpha value is -1.14. The first kappa shape index (κ1) is 18.9. The van der Waals surface area contributed by atoms with Crippen LogP contribution in [-0.2, 0) is 19.0 Å². The van der Waals surface area contributed by atoms with Crippen LogP contribution in [-0.4, -0.2) is 54.5 Å². The minimum absolute atomic E-state index is 0.0126. The predicted octanol–water partition coefficient (Wildman–Crippen LogP) is 2.60. The average Bonchev–Trinajstić information content (AvgIpc) is 2.33. The van der Waals surface area contributed by atoms with Gasteiger partial charge in [-0.25, -0.2) is 4.79 Å². The van der Waals surface area contributed by atoms with Crippen LogP contribution in [0.5, 0.6) is 0 Å². The van der Waals surface area contributed by atoms with E-state index >= 15 is 0 Å². The van der Waals surface area contributed by atoms with Gasteiger partial charge in [0.25, 0.3) is 0 Å². The molecule has 1 aliphatic heterocycles. The van der Waals surface area contributed by atoms with E-state index in [9.17, 15) is 9.59 Å². The Morgan fingerprint density at radius 2 is 1.86 bits per heavy atom. The SMILES string of the molecule is C[C@H]1[C@H](OCC(C)(C)C)OCC(C=O)N1C(=O)OC(C)(C)C. The summed E-state index contributed by atoms with van der Waals surface area (Å²) < 4.78 is 16.8. The summed E-state index contributed by atoms with van der Waals surface area (Å²) in [6.45, 7) is 13.9. The molecule has 0 aromatic carbocycles. The van der Waals surface area contributed by atoms with Gasteiger partial charge in [0.15, 0.2) is 6.29 Å². The molecule has 6 heteroatoms. The number of hydrogen-bond donors (Lipinski definition) is 0. The van der Waals surface area contributed by atoms with Crippen molar-refractivity contribution in [3.63, 3.8) is 0 Å². The molecular weight excluding hydrogens is 286 g/mol. The number of hydrogen-bond acceptors (Lipinski definition) is 5. The van der Waals surface area contributed by atoms with Crippen LogP contribution in [0.15, 0.2) is 0 Å². The molecule has 1 unspecified atom stereocenters. The number of amides is 1. The van der Waals surface area contributed by atoms with E-state index < -0.39 is 30.1 Å². The molecule has 1 amide bonds. The second kappa shape index (κ2) is 6.96. The van der Waals surface area contributed by atoms with Crippen LogP contribution in [0.1, 0.15) is 48.5 Å². The first-order chi connectivity index (χ1) is 9.94. The Morgan fingerprint density at radius 1 is 1.27 bits per heavy atom. The van der Waals surface area contributed by atoms with Gasteiger partial charge in [0.1, 0.15) is 17.9 Å². The molecular formula is C16H29NO5. The Morgan fingerprint density at radius 3 is 2.32 bits per heavy atom. The second-order valence-corrected chi connectivity index (χ2v) is 7.91. The summed E-state index contributed by atoms with van der Waals surface area (Å²) >= 11 is 0. The molecule has 0 N–H and O–H groups in total. The fraction of sp³-hybridized carbons (Fsp3) is 0.875. The normalized spacial score (nSPS) is 26.7. The molecule has 3 atom stereocenters. The summed E-state index contributed by atoms with van der Waals surface area (Å²) in [6, 6.07) is -1.06. The summed E-state index contributed by atoms with van der Waals surface area (Å²) in [7, 11) is 0. The number of ether oxygens (including phenoxy) is 3. The highest BCUT2D eigenvalue weighted by Gasteiger charge is 2.41. The molecule has 128 valence electrons. The van der Waals surface area contributed by atoms with E-state index in [1.807, 2.05) is 0 Å². The molecule has 0 aromatic rings. The third-order valence-corrected chi connectivity index (χ3v) is 3.06. The van der Waals surface area contributed by atoms with Crippen molar-refractivity contribution in [1.29, 1.82) is 0 Å². The smallest absolute Gasteiger partial charge is 0.411 e. The van der Waals surface area contributed by atoms with Gasteiger partial charge in [0.2, 0.25) is 0 Å². The van der Waals surface area contributed by atoms with Crippen molar-refractivity contribution in [3.05, 3.63) is 0 Å². The van der Waals surface area contributed by atoms with Crippen LogP contribution < -0.4 is 0 Å². The highest BCUT2D eigenvalue weighted by atomic mass is 16.7. The minimum atomic E-state index is -0.653. The number of carbonyl (C=O) groups excluding carboxylic acids is 2. The largest absolute Gasteiger partial charge is 0.444 e. The van der Waals surface area contributed by atoms with E-state index in [2.05, 4.69) is 20.8 Å². The molecule has 0 aromatic heterocycles. The maximum absolute atomic E-state index is 12.4. The highest BCUT2D eigenvalue weighted by molar-refractivity contribution is 5.74. The Labute approximate surface area is 133 Å². The van der Waals surface area contributed by atoms with E-state index in [4.69, 9.17) is 14.2 Å². The van der Waals surface area contributed by atoms with Gasteiger partial charge in [0.05, 0.1) is 19.3 Å². The van der Waals surface area contributed by atoms with Crippen LogP contribution in [0, 0.1) is 5.41 Å². The van der Waals surface area contributed by atoms with Gasteiger partial charge in [0, 0.05) is 0 Å². The maximum atomic E-state index is 12.4. The predicted molar refractivity (Wildman–Crippen MR) is 82.5 cm³/mol. The number of morpholine rings is 1. The third kappa shape index (κ3) is 5.57. The lowest BCUT2D eigenvalue weighted by Gasteiger charge is -2.43. The van der Waals surface area contributed by atoms with Gasteiger partial charge in [-0.3, -0.25) is 4.90 Å². The maximum Gasteiger partial charge on any atom is 0.411 e. The third-order valence-electron chi connectivity index (χ3n) is 3.06. The molecule has 0 aliphatic carbocycles. The first-order valence-electron chi connectivity index (χ1n) is 7.64. The zero-order valence-corrected chi connectivity index (χ0v) is 14.7. The number of carbonyl (C=O) groups is 2. The van der Waals surface area contributed by atoms with Crippen molar-refractivity contribution in [2.24, 2.45) is 5.41 Å². The van der Waals surface area contributed by atoms with Crippen molar-refractivity contribution in [3.8, 4) is 0 Å². The van der Waals surface area contributed by atoms with E-state index in [1.54, 1.807) is 27.7 Å². The molecule has 1 aliphatic rings. The van der Waals surface area contributed by atoms with Crippen molar-refractivity contribution < 1.29 is 23.8 Å². The van der Waals surface area contributed by atoms with E-state index in [0.717, 1.165) is 0 Å². The molecule has 1 saturated heterocycles. The van der Waals surface area contributed by atoms with Gasteiger partial charge in [-0.2, -0.15) is 0 Å². The van der Waals surface area contributed by atoms with Crippen LogP contribution in [0.4, 0.5) is 4.79 Å². The van der Waals surface area contributed by atoms with Gasteiger partial charge in [-0.05, 0) is 33.1 Å². The Bertz CT molecular complexity index is 396. The quantitative estimate of drug-likeness (QED) is 0.749. The van der Waals surface area contributed by atoms with E-state index in [1.165, 1.54) is 4.90 Å². The van der Waals surface area contributed by atoms with Crippen LogP contribution in [0.3, 0.4) is 0 Å². The lowest BCUT2D eigenvalue weighted by atomic mass is 9.98. The van der Waals surface area contributed by atoms with Crippen molar-refractivity contribution in [2.75, 3.05) is 13.2 Å². The van der Waals surface area contributed by atoms with Gasteiger partial charge in [-0.15, -0.1) is 0 Å². The fourth-order valence-electron chi connectivity index (χ4n) is 2.09. The first-order valence-corrected chi connectivity index (χ1v) is 7.64. The standard InChI is InChI=1S/C16H29NO5/c1-11-13(21-10-15(2,3)4)20-9-12(8-18)17(11)14(19)22-16(5,6)7/h8,11-13H,9-10H2,1-7H3/t11-,12?,13-/m0/s1. The Balaban J connectivity index is 2.81. The van der Waals surface area contributed by atoms with Crippen LogP contribution >= 0.6 is 0 Å². The highest BCUT2D eigenvalue weighted by Crippen LogP contribution is 2.24. The summed E-state index contributed by atoms with van der Waals surface area (Å²) in [4.78, 5) is 25.0. The van der Waals surface area contributed by atoms with Crippen LogP contribution in [0.2, 0.25) is 0 Å². The monoisotopic (exact) mass is 315 g/mol. The number of nitrogens with zero attached hydrogens (tertiary/aromatic N) is 1. The van der Waals surface area contributed by atoms with Crippen molar-refractivity contribution in [1.82, 2.24) is 4.90 Å². The van der Waals surface area contributed by atoms with Crippen LogP contribution in [0.25, 0.3) is 0 Å². The van der Waals surface area contributed by atoms with Crippen molar-refractivity contribution >= 4 is 12.4 Å². The Kier molecular flexibility index (Phi) is 5.98. The summed E-state index contributed by atoms with van der Waals surface area (Å²) in [6.07, 6.45) is -0.381. The lowest BCUT2D eigenvalue weighted by Crippen LogP contribution is -2.60. The summed E-state index contributed by atoms with van der Waals surface area (Å²) in [5, 5.41) is 0. The topological polar surface area (TPSA) is 65.1 Å². The molecule has 0 spiro atoms. The minimum Gasteiger partial charge on any atom is -0.444 e. The van der Waals surface area contributed by atoms with Gasteiger partial charge >= 0.3 is 6.09 Å². The average molecular weight is 315 g/mol. The zero-order chi connectivity index (χ0) is 17.1. The molecule has 1 rings (SSSR count). The number of aldehydes is 1. The van der Waals surface area contributed by atoms with E-state index in [0.29, 0.717) is 12.9 Å². The number of rotatable bonds is 3. The van der Waals surface area contributed by atoms with Crippen molar-refractivity contribution in [2.45, 2.75) is 72.4 Å². The van der Waals surface area contributed by atoms with Gasteiger partial charge in [-0.1, -0.05) is 20.8 Å². The summed E-state index contributed by atoms with van der Waals surface area (Å²) in [5.74, 6) is 0. The van der Waals surface area contributed by atoms with E-state index in [-0.39, 0.29) is 12.0 Å². The molecule has 1 heterocycles.